The molecule has 0 aliphatic heterocycles. The van der Waals surface area contributed by atoms with Crippen molar-refractivity contribution in [1.82, 2.24) is 15.1 Å². The van der Waals surface area contributed by atoms with Crippen LogP contribution in [0.4, 0.5) is 0 Å². The van der Waals surface area contributed by atoms with E-state index >= 15 is 0 Å². The molecule has 5 nitrogen and oxygen atoms in total. The summed E-state index contributed by atoms with van der Waals surface area (Å²) >= 11 is 0. The molecule has 0 rings (SSSR count). The van der Waals surface area contributed by atoms with Crippen molar-refractivity contribution in [2.45, 2.75) is 34.1 Å². The zero-order valence-corrected chi connectivity index (χ0v) is 14.9. The Bertz CT molecular complexity index is 426. The molecule has 0 aromatic rings. The van der Waals surface area contributed by atoms with E-state index in [2.05, 4.69) is 29.0 Å². The lowest BCUT2D eigenvalue weighted by Crippen LogP contribution is -2.37. The second-order valence-corrected chi connectivity index (χ2v) is 5.23. The Hall–Kier alpha value is -1.91. The number of hydrogen-bond donors (Lipinski definition) is 2. The maximum absolute atomic E-state index is 12.0. The summed E-state index contributed by atoms with van der Waals surface area (Å²) in [5.41, 5.74) is 7.36. The molecule has 3 N–H and O–H groups in total. The molecule has 0 aromatic carbocycles. The molecule has 0 saturated heterocycles. The van der Waals surface area contributed by atoms with Crippen molar-refractivity contribution in [1.29, 1.82) is 0 Å². The predicted molar refractivity (Wildman–Crippen MR) is 94.0 cm³/mol. The highest BCUT2D eigenvalue weighted by atomic mass is 16.1. The topological polar surface area (TPSA) is 61.6 Å². The Balaban J connectivity index is 5.16. The van der Waals surface area contributed by atoms with Crippen LogP contribution in [0.2, 0.25) is 0 Å². The molecule has 5 heteroatoms. The van der Waals surface area contributed by atoms with Crippen LogP contribution in [0, 0.1) is 0 Å². The van der Waals surface area contributed by atoms with Crippen molar-refractivity contribution in [2.24, 2.45) is 5.73 Å². The first kappa shape index (κ1) is 20.1. The first-order valence-corrected chi connectivity index (χ1v) is 7.87. The molecule has 0 fully saturated rings. The van der Waals surface area contributed by atoms with E-state index in [1.165, 1.54) is 0 Å². The maximum Gasteiger partial charge on any atom is 0.179 e. The van der Waals surface area contributed by atoms with Gasteiger partial charge in [0, 0.05) is 52.8 Å². The normalized spacial score (nSPS) is 11.5. The van der Waals surface area contributed by atoms with Crippen molar-refractivity contribution in [2.75, 3.05) is 33.7 Å². The summed E-state index contributed by atoms with van der Waals surface area (Å²) in [5.74, 6) is 0.958. The molecule has 0 unspecified atom stereocenters. The van der Waals surface area contributed by atoms with Gasteiger partial charge in [0.25, 0.3) is 0 Å². The summed E-state index contributed by atoms with van der Waals surface area (Å²) in [6.45, 7) is 9.98. The van der Waals surface area contributed by atoms with Gasteiger partial charge in [0.15, 0.2) is 5.78 Å². The van der Waals surface area contributed by atoms with Gasteiger partial charge >= 0.3 is 0 Å². The summed E-state index contributed by atoms with van der Waals surface area (Å²) in [7, 11) is 3.98. The number of carbonyl (C=O) groups is 1. The lowest BCUT2D eigenvalue weighted by molar-refractivity contribution is -0.114. The molecule has 0 atom stereocenters. The van der Waals surface area contributed by atoms with Crippen LogP contribution in [0.5, 0.6) is 0 Å². The molecule has 0 saturated carbocycles. The standard InChI is InChI=1S/C17H32N4O/c1-7-10-11-15(18)12-13-19-16(14(4)22)17(20(5)8-2)21(6)9-3/h7,10-11,19H,8-9,12-13,18H2,1-6H3/b10-7-,15-11-. The minimum atomic E-state index is 0.0339. The van der Waals surface area contributed by atoms with Gasteiger partial charge in [0.2, 0.25) is 0 Å². The SMILES string of the molecule is C/C=C\C=C(/N)CCNC(C(C)=O)=C(N(C)CC)N(C)CC. The predicted octanol–water partition coefficient (Wildman–Crippen LogP) is 2.05. The zero-order valence-electron chi connectivity index (χ0n) is 14.9. The van der Waals surface area contributed by atoms with Crippen LogP contribution >= 0.6 is 0 Å². The Morgan fingerprint density at radius 1 is 1.18 bits per heavy atom. The van der Waals surface area contributed by atoms with Crippen LogP contribution in [0.1, 0.15) is 34.1 Å². The third kappa shape index (κ3) is 6.70. The quantitative estimate of drug-likeness (QED) is 0.478. The first-order chi connectivity index (χ1) is 10.4. The van der Waals surface area contributed by atoms with Gasteiger partial charge in [-0.2, -0.15) is 0 Å². The van der Waals surface area contributed by atoms with E-state index in [4.69, 9.17) is 5.73 Å². The van der Waals surface area contributed by atoms with Gasteiger partial charge in [-0.1, -0.05) is 12.2 Å². The third-order valence-electron chi connectivity index (χ3n) is 3.47. The highest BCUT2D eigenvalue weighted by Gasteiger charge is 2.17. The number of ketones is 1. The Morgan fingerprint density at radius 3 is 2.14 bits per heavy atom. The van der Waals surface area contributed by atoms with Gasteiger partial charge < -0.3 is 20.9 Å². The van der Waals surface area contributed by atoms with E-state index < -0.39 is 0 Å². The van der Waals surface area contributed by atoms with Crippen molar-refractivity contribution < 1.29 is 4.79 Å². The number of allylic oxidation sites excluding steroid dienone is 4. The lowest BCUT2D eigenvalue weighted by Gasteiger charge is -2.31. The number of nitrogens with zero attached hydrogens (tertiary/aromatic N) is 2. The molecule has 0 heterocycles. The van der Waals surface area contributed by atoms with Crippen LogP contribution in [0.15, 0.2) is 35.4 Å². The number of hydrogen-bond acceptors (Lipinski definition) is 5. The summed E-state index contributed by atoms with van der Waals surface area (Å²) in [6.07, 6.45) is 6.43. The van der Waals surface area contributed by atoms with Gasteiger partial charge in [-0.05, 0) is 26.8 Å². The van der Waals surface area contributed by atoms with E-state index in [1.807, 2.05) is 39.2 Å². The first-order valence-electron chi connectivity index (χ1n) is 7.87. The van der Waals surface area contributed by atoms with Crippen molar-refractivity contribution >= 4 is 5.78 Å². The molecule has 0 aliphatic carbocycles. The van der Waals surface area contributed by atoms with Gasteiger partial charge in [-0.3, -0.25) is 4.79 Å². The fourth-order valence-electron chi connectivity index (χ4n) is 1.97. The van der Waals surface area contributed by atoms with Crippen molar-refractivity contribution in [3.05, 3.63) is 35.4 Å². The molecular weight excluding hydrogens is 276 g/mol. The lowest BCUT2D eigenvalue weighted by atomic mass is 10.2. The summed E-state index contributed by atoms with van der Waals surface area (Å²) < 4.78 is 0. The van der Waals surface area contributed by atoms with Crippen LogP contribution in [0.25, 0.3) is 0 Å². The molecule has 0 amide bonds. The average Bonchev–Trinajstić information content (AvgIpc) is 2.50. The molecule has 0 bridgehead atoms. The van der Waals surface area contributed by atoms with Gasteiger partial charge in [-0.15, -0.1) is 0 Å². The Kier molecular flexibility index (Phi) is 9.83. The smallest absolute Gasteiger partial charge is 0.179 e. The summed E-state index contributed by atoms with van der Waals surface area (Å²) in [5, 5.41) is 3.26. The van der Waals surface area contributed by atoms with Gasteiger partial charge in [0.1, 0.15) is 11.5 Å². The Labute approximate surface area is 135 Å². The summed E-state index contributed by atoms with van der Waals surface area (Å²) in [4.78, 5) is 16.2. The van der Waals surface area contributed by atoms with E-state index in [0.717, 1.165) is 24.6 Å². The minimum Gasteiger partial charge on any atom is -0.402 e. The third-order valence-corrected chi connectivity index (χ3v) is 3.47. The molecule has 0 aliphatic rings. The second-order valence-electron chi connectivity index (χ2n) is 5.23. The molecule has 126 valence electrons. The average molecular weight is 308 g/mol. The van der Waals surface area contributed by atoms with Crippen LogP contribution in [-0.2, 0) is 4.79 Å². The van der Waals surface area contributed by atoms with Gasteiger partial charge in [-0.25, -0.2) is 0 Å². The van der Waals surface area contributed by atoms with Crippen LogP contribution in [-0.4, -0.2) is 49.3 Å². The highest BCUT2D eigenvalue weighted by molar-refractivity contribution is 5.93. The molecule has 22 heavy (non-hydrogen) atoms. The van der Waals surface area contributed by atoms with Crippen LogP contribution < -0.4 is 11.1 Å². The number of Topliss-reactive ketones (excluding diaryl/α,β-unsaturated/α-hetero) is 1. The number of carbonyl (C=O) groups excluding carboxylic acids is 1. The summed E-state index contributed by atoms with van der Waals surface area (Å²) in [6, 6.07) is 0. The van der Waals surface area contributed by atoms with E-state index in [9.17, 15) is 4.79 Å². The molecular formula is C17H32N4O. The fraction of sp³-hybridized carbons (Fsp3) is 0.588. The van der Waals surface area contributed by atoms with E-state index in [1.54, 1.807) is 6.92 Å². The van der Waals surface area contributed by atoms with Crippen LogP contribution in [0.3, 0.4) is 0 Å². The van der Waals surface area contributed by atoms with E-state index in [0.29, 0.717) is 18.7 Å². The van der Waals surface area contributed by atoms with Crippen molar-refractivity contribution in [3.63, 3.8) is 0 Å². The largest absolute Gasteiger partial charge is 0.402 e. The second kappa shape index (κ2) is 10.8. The minimum absolute atomic E-state index is 0.0339. The number of nitrogens with one attached hydrogen (secondary N) is 1. The number of nitrogens with two attached hydrogens (primary N) is 1. The maximum atomic E-state index is 12.0. The molecule has 0 spiro atoms. The van der Waals surface area contributed by atoms with E-state index in [-0.39, 0.29) is 5.78 Å². The zero-order chi connectivity index (χ0) is 17.1. The Morgan fingerprint density at radius 2 is 1.73 bits per heavy atom. The van der Waals surface area contributed by atoms with Gasteiger partial charge in [0.05, 0.1) is 0 Å². The molecule has 0 radical (unpaired) electrons. The monoisotopic (exact) mass is 308 g/mol. The van der Waals surface area contributed by atoms with Crippen molar-refractivity contribution in [3.8, 4) is 0 Å². The number of rotatable bonds is 10. The fourth-order valence-corrected chi connectivity index (χ4v) is 1.97. The highest BCUT2D eigenvalue weighted by Crippen LogP contribution is 2.12. The molecule has 0 aromatic heterocycles.